The van der Waals surface area contributed by atoms with E-state index in [1.54, 1.807) is 12.1 Å². The van der Waals surface area contributed by atoms with Crippen LogP contribution < -0.4 is 10.2 Å². The first-order valence-electron chi connectivity index (χ1n) is 8.30. The Labute approximate surface area is 163 Å². The van der Waals surface area contributed by atoms with Crippen LogP contribution in [0.5, 0.6) is 11.5 Å². The molecule has 0 amide bonds. The Morgan fingerprint density at radius 3 is 2.31 bits per heavy atom. The molecule has 0 radical (unpaired) electrons. The van der Waals surface area contributed by atoms with Crippen LogP contribution in [0.25, 0.3) is 0 Å². The Kier molecular flexibility index (Phi) is 5.77. The minimum atomic E-state index is -4.45. The van der Waals surface area contributed by atoms with E-state index in [4.69, 9.17) is 4.74 Å². The molecule has 9 heteroatoms. The number of hydrogen-bond acceptors (Lipinski definition) is 5. The Morgan fingerprint density at radius 1 is 1.00 bits per heavy atom. The van der Waals surface area contributed by atoms with Crippen molar-refractivity contribution in [3.05, 3.63) is 94.0 Å². The Hall–Kier alpha value is -3.88. The summed E-state index contributed by atoms with van der Waals surface area (Å²) < 4.78 is 43.6. The molecule has 0 heterocycles. The number of benzene rings is 3. The number of alkyl halides is 3. The third-order valence-corrected chi connectivity index (χ3v) is 3.78. The third kappa shape index (κ3) is 5.32. The van der Waals surface area contributed by atoms with E-state index >= 15 is 0 Å². The second kappa shape index (κ2) is 8.42. The molecule has 0 aromatic heterocycles. The SMILES string of the molecule is O=[N+]([O-])c1ccc(Oc2ccc(C(F)(F)F)cc2)c(C=NNc2ccccc2)c1. The van der Waals surface area contributed by atoms with Crippen LogP contribution in [0.2, 0.25) is 0 Å². The summed E-state index contributed by atoms with van der Waals surface area (Å²) in [6.45, 7) is 0. The number of ether oxygens (including phenoxy) is 1. The summed E-state index contributed by atoms with van der Waals surface area (Å²) in [5, 5.41) is 15.1. The van der Waals surface area contributed by atoms with Gasteiger partial charge in [-0.25, -0.2) is 0 Å². The summed E-state index contributed by atoms with van der Waals surface area (Å²) in [6, 6.07) is 17.0. The highest BCUT2D eigenvalue weighted by Crippen LogP contribution is 2.32. The molecule has 0 aliphatic rings. The van der Waals surface area contributed by atoms with Gasteiger partial charge in [0.25, 0.3) is 5.69 Å². The molecule has 0 atom stereocenters. The number of nitrogens with zero attached hydrogens (tertiary/aromatic N) is 2. The zero-order valence-corrected chi connectivity index (χ0v) is 14.8. The number of nitrogens with one attached hydrogen (secondary N) is 1. The smallest absolute Gasteiger partial charge is 0.416 e. The average molecular weight is 401 g/mol. The van der Waals surface area contributed by atoms with Crippen molar-refractivity contribution < 1.29 is 22.8 Å². The van der Waals surface area contributed by atoms with Crippen molar-refractivity contribution in [2.75, 3.05) is 5.43 Å². The van der Waals surface area contributed by atoms with Gasteiger partial charge in [-0.3, -0.25) is 15.5 Å². The highest BCUT2D eigenvalue weighted by Gasteiger charge is 2.30. The Balaban J connectivity index is 1.84. The first kappa shape index (κ1) is 19.9. The first-order chi connectivity index (χ1) is 13.8. The van der Waals surface area contributed by atoms with Crippen molar-refractivity contribution >= 4 is 17.6 Å². The lowest BCUT2D eigenvalue weighted by Crippen LogP contribution is -2.04. The van der Waals surface area contributed by atoms with Gasteiger partial charge >= 0.3 is 6.18 Å². The Morgan fingerprint density at radius 2 is 1.69 bits per heavy atom. The lowest BCUT2D eigenvalue weighted by Gasteiger charge is -2.10. The summed E-state index contributed by atoms with van der Waals surface area (Å²) in [4.78, 5) is 10.5. The lowest BCUT2D eigenvalue weighted by atomic mass is 10.2. The topological polar surface area (TPSA) is 76.8 Å². The highest BCUT2D eigenvalue weighted by molar-refractivity contribution is 5.85. The predicted molar refractivity (Wildman–Crippen MR) is 102 cm³/mol. The molecular weight excluding hydrogens is 387 g/mol. The number of hydrogen-bond donors (Lipinski definition) is 1. The van der Waals surface area contributed by atoms with E-state index in [0.717, 1.165) is 12.1 Å². The fourth-order valence-electron chi connectivity index (χ4n) is 2.37. The van der Waals surface area contributed by atoms with Gasteiger partial charge in [-0.05, 0) is 42.5 Å². The van der Waals surface area contributed by atoms with E-state index in [1.807, 2.05) is 18.2 Å². The van der Waals surface area contributed by atoms with Gasteiger partial charge in [-0.2, -0.15) is 18.3 Å². The molecule has 6 nitrogen and oxygen atoms in total. The highest BCUT2D eigenvalue weighted by atomic mass is 19.4. The largest absolute Gasteiger partial charge is 0.457 e. The number of nitro benzene ring substituents is 1. The summed E-state index contributed by atoms with van der Waals surface area (Å²) in [5.41, 5.74) is 2.79. The number of hydrazone groups is 1. The third-order valence-electron chi connectivity index (χ3n) is 3.78. The number of halogens is 3. The molecule has 3 aromatic carbocycles. The van der Waals surface area contributed by atoms with Crippen LogP contribution in [0.3, 0.4) is 0 Å². The molecule has 0 saturated carbocycles. The maximum absolute atomic E-state index is 12.7. The minimum absolute atomic E-state index is 0.150. The summed E-state index contributed by atoms with van der Waals surface area (Å²) in [6.07, 6.45) is -3.12. The van der Waals surface area contributed by atoms with Crippen molar-refractivity contribution in [3.8, 4) is 11.5 Å². The van der Waals surface area contributed by atoms with Crippen molar-refractivity contribution in [2.45, 2.75) is 6.18 Å². The van der Waals surface area contributed by atoms with Gasteiger partial charge in [0, 0.05) is 17.7 Å². The Bertz CT molecular complexity index is 1020. The summed E-state index contributed by atoms with van der Waals surface area (Å²) >= 11 is 0. The van der Waals surface area contributed by atoms with E-state index in [9.17, 15) is 23.3 Å². The molecule has 1 N–H and O–H groups in total. The number of nitro groups is 1. The minimum Gasteiger partial charge on any atom is -0.457 e. The van der Waals surface area contributed by atoms with E-state index in [2.05, 4.69) is 10.5 Å². The summed E-state index contributed by atoms with van der Waals surface area (Å²) in [7, 11) is 0. The lowest BCUT2D eigenvalue weighted by molar-refractivity contribution is -0.384. The molecule has 3 aromatic rings. The number of anilines is 1. The average Bonchev–Trinajstić information content (AvgIpc) is 2.69. The molecule has 0 unspecified atom stereocenters. The molecule has 0 bridgehead atoms. The van der Waals surface area contributed by atoms with Crippen LogP contribution in [0.4, 0.5) is 24.5 Å². The standard InChI is InChI=1S/C20H14F3N3O3/c21-20(22,23)15-6-9-18(10-7-15)29-19-11-8-17(26(27)28)12-14(19)13-24-25-16-4-2-1-3-5-16/h1-13,25H. The van der Waals surface area contributed by atoms with Crippen LogP contribution in [0, 0.1) is 10.1 Å². The molecular formula is C20H14F3N3O3. The first-order valence-corrected chi connectivity index (χ1v) is 8.30. The molecule has 0 spiro atoms. The molecule has 0 aliphatic carbocycles. The number of rotatable bonds is 6. The molecule has 29 heavy (non-hydrogen) atoms. The van der Waals surface area contributed by atoms with E-state index < -0.39 is 16.7 Å². The second-order valence-corrected chi connectivity index (χ2v) is 5.84. The maximum atomic E-state index is 12.7. The number of non-ortho nitro benzene ring substituents is 1. The molecule has 0 fully saturated rings. The molecule has 0 aliphatic heterocycles. The van der Waals surface area contributed by atoms with Crippen LogP contribution in [-0.2, 0) is 6.18 Å². The van der Waals surface area contributed by atoms with Crippen molar-refractivity contribution in [3.63, 3.8) is 0 Å². The zero-order valence-electron chi connectivity index (χ0n) is 14.8. The van der Waals surface area contributed by atoms with Gasteiger partial charge in [0.2, 0.25) is 0 Å². The van der Waals surface area contributed by atoms with Gasteiger partial charge in [0.05, 0.1) is 22.4 Å². The van der Waals surface area contributed by atoms with E-state index in [1.165, 1.54) is 36.5 Å². The van der Waals surface area contributed by atoms with Crippen LogP contribution in [0.1, 0.15) is 11.1 Å². The predicted octanol–water partition coefficient (Wildman–Crippen LogP) is 5.85. The number of para-hydroxylation sites is 1. The van der Waals surface area contributed by atoms with Crippen LogP contribution in [-0.4, -0.2) is 11.1 Å². The fraction of sp³-hybridized carbons (Fsp3) is 0.0500. The van der Waals surface area contributed by atoms with Gasteiger partial charge < -0.3 is 4.74 Å². The quantitative estimate of drug-likeness (QED) is 0.319. The zero-order chi connectivity index (χ0) is 20.9. The monoisotopic (exact) mass is 401 g/mol. The molecule has 3 rings (SSSR count). The fourth-order valence-corrected chi connectivity index (χ4v) is 2.37. The van der Waals surface area contributed by atoms with Crippen molar-refractivity contribution in [2.24, 2.45) is 5.10 Å². The summed E-state index contributed by atoms with van der Waals surface area (Å²) in [5.74, 6) is 0.353. The molecule has 148 valence electrons. The van der Waals surface area contributed by atoms with E-state index in [-0.39, 0.29) is 22.7 Å². The van der Waals surface area contributed by atoms with Crippen molar-refractivity contribution in [1.29, 1.82) is 0 Å². The van der Waals surface area contributed by atoms with E-state index in [0.29, 0.717) is 5.69 Å². The van der Waals surface area contributed by atoms with Gasteiger partial charge in [-0.15, -0.1) is 0 Å². The van der Waals surface area contributed by atoms with Crippen LogP contribution >= 0.6 is 0 Å². The van der Waals surface area contributed by atoms with Crippen LogP contribution in [0.15, 0.2) is 77.9 Å². The maximum Gasteiger partial charge on any atom is 0.416 e. The van der Waals surface area contributed by atoms with Crippen molar-refractivity contribution in [1.82, 2.24) is 0 Å². The van der Waals surface area contributed by atoms with Gasteiger partial charge in [0.15, 0.2) is 0 Å². The normalized spacial score (nSPS) is 11.4. The van der Waals surface area contributed by atoms with Gasteiger partial charge in [0.1, 0.15) is 11.5 Å². The molecule has 0 saturated heterocycles. The van der Waals surface area contributed by atoms with Gasteiger partial charge in [-0.1, -0.05) is 18.2 Å². The second-order valence-electron chi connectivity index (χ2n) is 5.84.